The smallest absolute Gasteiger partial charge is 0.280 e. The van der Waals surface area contributed by atoms with Gasteiger partial charge in [-0.05, 0) is 36.0 Å². The van der Waals surface area contributed by atoms with E-state index >= 15 is 0 Å². The fourth-order valence-corrected chi connectivity index (χ4v) is 3.53. The van der Waals surface area contributed by atoms with Crippen molar-refractivity contribution in [2.75, 3.05) is 5.73 Å². The van der Waals surface area contributed by atoms with Gasteiger partial charge < -0.3 is 5.73 Å². The number of nitrogens with zero attached hydrogens (tertiary/aromatic N) is 4. The molecule has 0 bridgehead atoms. The summed E-state index contributed by atoms with van der Waals surface area (Å²) in [7, 11) is 0. The minimum atomic E-state index is -2.61. The number of nitrogens with two attached hydrogens (primary N) is 1. The first-order valence-corrected chi connectivity index (χ1v) is 8.86. The van der Waals surface area contributed by atoms with Gasteiger partial charge in [0.05, 0.1) is 5.69 Å². The number of alkyl halides is 2. The van der Waals surface area contributed by atoms with Gasteiger partial charge in [0.15, 0.2) is 5.82 Å². The Bertz CT molecular complexity index is 793. The number of rotatable bonds is 4. The molecule has 3 rings (SSSR count). The number of nitrogen functional groups attached to an aromatic ring is 1. The third-order valence-corrected chi connectivity index (χ3v) is 5.21. The molecule has 1 fully saturated rings. The van der Waals surface area contributed by atoms with Crippen LogP contribution in [0.2, 0.25) is 0 Å². The summed E-state index contributed by atoms with van der Waals surface area (Å²) < 4.78 is 25.5. The lowest BCUT2D eigenvalue weighted by atomic mass is 9.72. The molecule has 0 aromatic carbocycles. The minimum Gasteiger partial charge on any atom is -0.368 e. The molecule has 0 radical (unpaired) electrons. The monoisotopic (exact) mass is 359 g/mol. The summed E-state index contributed by atoms with van der Waals surface area (Å²) in [5.41, 5.74) is 7.04. The molecule has 5 nitrogen and oxygen atoms in total. The number of hydrogen-bond acceptors (Lipinski definition) is 5. The summed E-state index contributed by atoms with van der Waals surface area (Å²) in [4.78, 5) is 16.5. The van der Waals surface area contributed by atoms with Gasteiger partial charge in [0.25, 0.3) is 6.43 Å². The third-order valence-electron chi connectivity index (χ3n) is 5.21. The maximum absolute atomic E-state index is 12.7. The van der Waals surface area contributed by atoms with Gasteiger partial charge in [0, 0.05) is 24.4 Å². The van der Waals surface area contributed by atoms with E-state index in [1.54, 1.807) is 6.07 Å². The highest BCUT2D eigenvalue weighted by Crippen LogP contribution is 2.40. The van der Waals surface area contributed by atoms with Crippen molar-refractivity contribution < 1.29 is 8.78 Å². The Kier molecular flexibility index (Phi) is 5.54. The van der Waals surface area contributed by atoms with Gasteiger partial charge in [-0.2, -0.15) is 4.98 Å². The summed E-state index contributed by atoms with van der Waals surface area (Å²) >= 11 is 0. The first kappa shape index (κ1) is 18.4. The third kappa shape index (κ3) is 4.20. The molecular weight excluding hydrogens is 336 g/mol. The van der Waals surface area contributed by atoms with E-state index in [0.717, 1.165) is 12.1 Å². The normalized spacial score (nSPS) is 23.7. The quantitative estimate of drug-likeness (QED) is 0.804. The number of hydrogen-bond donors (Lipinski definition) is 1. The number of aromatic nitrogens is 3. The second-order valence-electron chi connectivity index (χ2n) is 6.96. The Labute approximate surface area is 151 Å². The second kappa shape index (κ2) is 7.85. The lowest BCUT2D eigenvalue weighted by molar-refractivity contribution is 0.146. The molecule has 0 amide bonds. The molecule has 1 aliphatic rings. The maximum atomic E-state index is 12.7. The van der Waals surface area contributed by atoms with Gasteiger partial charge in [-0.15, -0.1) is 0 Å². The van der Waals surface area contributed by atoms with Gasteiger partial charge in [-0.1, -0.05) is 26.7 Å². The van der Waals surface area contributed by atoms with E-state index in [9.17, 15) is 8.78 Å². The first-order chi connectivity index (χ1) is 12.4. The Balaban J connectivity index is 1.85. The Morgan fingerprint density at radius 2 is 2.04 bits per heavy atom. The molecular formula is C19H23F2N5. The highest BCUT2D eigenvalue weighted by Gasteiger charge is 2.29. The zero-order valence-electron chi connectivity index (χ0n) is 14.9. The Morgan fingerprint density at radius 3 is 2.81 bits per heavy atom. The molecule has 1 saturated carbocycles. The van der Waals surface area contributed by atoms with Crippen molar-refractivity contribution in [2.24, 2.45) is 16.8 Å². The van der Waals surface area contributed by atoms with Gasteiger partial charge in [0.2, 0.25) is 5.95 Å². The highest BCUT2D eigenvalue weighted by atomic mass is 19.3. The van der Waals surface area contributed by atoms with E-state index in [4.69, 9.17) is 5.73 Å². The summed E-state index contributed by atoms with van der Waals surface area (Å²) in [6.45, 7) is 4.52. The topological polar surface area (TPSA) is 77.0 Å². The van der Waals surface area contributed by atoms with E-state index in [-0.39, 0.29) is 11.6 Å². The van der Waals surface area contributed by atoms with E-state index in [1.165, 1.54) is 31.3 Å². The summed E-state index contributed by atoms with van der Waals surface area (Å²) in [5, 5.41) is 0. The SMILES string of the molecule is CC1CCCC(c2cc(N=Cc3ccnc(C(F)F)c3)nc(N)n2)C1C. The standard InChI is InChI=1S/C19H23F2N5/c1-11-4-3-5-14(12(11)2)15-9-17(26-19(22)25-15)24-10-13-6-7-23-16(8-13)18(20)21/h6-12,14,18H,3-5H2,1-2H3,(H2,22,25,26). The van der Waals surface area contributed by atoms with Crippen molar-refractivity contribution in [3.8, 4) is 0 Å². The zero-order chi connectivity index (χ0) is 18.7. The van der Waals surface area contributed by atoms with Crippen molar-refractivity contribution in [1.29, 1.82) is 0 Å². The summed E-state index contributed by atoms with van der Waals surface area (Å²) in [6, 6.07) is 4.78. The molecule has 0 spiro atoms. The van der Waals surface area contributed by atoms with Gasteiger partial charge in [-0.3, -0.25) is 4.98 Å². The molecule has 2 heterocycles. The second-order valence-corrected chi connectivity index (χ2v) is 6.96. The van der Waals surface area contributed by atoms with Crippen molar-refractivity contribution in [3.05, 3.63) is 41.3 Å². The highest BCUT2D eigenvalue weighted by molar-refractivity contribution is 5.81. The van der Waals surface area contributed by atoms with E-state index in [2.05, 4.69) is 33.8 Å². The number of halogens is 2. The van der Waals surface area contributed by atoms with Gasteiger partial charge in [-0.25, -0.2) is 18.8 Å². The van der Waals surface area contributed by atoms with E-state index < -0.39 is 6.43 Å². The van der Waals surface area contributed by atoms with Crippen LogP contribution in [0, 0.1) is 11.8 Å². The van der Waals surface area contributed by atoms with Crippen LogP contribution in [-0.2, 0) is 0 Å². The average Bonchev–Trinajstić information content (AvgIpc) is 2.62. The first-order valence-electron chi connectivity index (χ1n) is 8.86. The molecule has 2 N–H and O–H groups in total. The molecule has 0 aliphatic heterocycles. The zero-order valence-corrected chi connectivity index (χ0v) is 14.9. The van der Waals surface area contributed by atoms with Crippen LogP contribution in [0.4, 0.5) is 20.5 Å². The predicted octanol–water partition coefficient (Wildman–Crippen LogP) is 4.68. The van der Waals surface area contributed by atoms with Gasteiger partial charge in [0.1, 0.15) is 5.69 Å². The average molecular weight is 359 g/mol. The molecule has 0 saturated heterocycles. The van der Waals surface area contributed by atoms with Crippen LogP contribution in [0.5, 0.6) is 0 Å². The van der Waals surface area contributed by atoms with Crippen LogP contribution in [0.1, 0.15) is 62.4 Å². The molecule has 3 atom stereocenters. The fraction of sp³-hybridized carbons (Fsp3) is 0.474. The minimum absolute atomic E-state index is 0.183. The van der Waals surface area contributed by atoms with Crippen molar-refractivity contribution in [3.63, 3.8) is 0 Å². The summed E-state index contributed by atoms with van der Waals surface area (Å²) in [6.07, 6.45) is 3.70. The fourth-order valence-electron chi connectivity index (χ4n) is 3.53. The lowest BCUT2D eigenvalue weighted by Crippen LogP contribution is -2.23. The molecule has 26 heavy (non-hydrogen) atoms. The molecule has 2 aromatic heterocycles. The maximum Gasteiger partial charge on any atom is 0.280 e. The van der Waals surface area contributed by atoms with Crippen LogP contribution in [0.3, 0.4) is 0 Å². The summed E-state index contributed by atoms with van der Waals surface area (Å²) in [5.74, 6) is 2.12. The lowest BCUT2D eigenvalue weighted by Gasteiger charge is -2.33. The molecule has 3 unspecified atom stereocenters. The van der Waals surface area contributed by atoms with Crippen molar-refractivity contribution in [2.45, 2.75) is 45.5 Å². The van der Waals surface area contributed by atoms with Crippen molar-refractivity contribution in [1.82, 2.24) is 15.0 Å². The van der Waals surface area contributed by atoms with Crippen molar-refractivity contribution >= 4 is 18.0 Å². The van der Waals surface area contributed by atoms with Crippen LogP contribution in [0.25, 0.3) is 0 Å². The molecule has 7 heteroatoms. The van der Waals surface area contributed by atoms with Crippen LogP contribution in [-0.4, -0.2) is 21.2 Å². The number of aliphatic imine (C=N–C) groups is 1. The molecule has 2 aromatic rings. The van der Waals surface area contributed by atoms with E-state index in [0.29, 0.717) is 29.1 Å². The Morgan fingerprint density at radius 1 is 1.23 bits per heavy atom. The van der Waals surface area contributed by atoms with Crippen LogP contribution >= 0.6 is 0 Å². The van der Waals surface area contributed by atoms with Gasteiger partial charge >= 0.3 is 0 Å². The van der Waals surface area contributed by atoms with Crippen LogP contribution in [0.15, 0.2) is 29.4 Å². The largest absolute Gasteiger partial charge is 0.368 e. The molecule has 1 aliphatic carbocycles. The molecule has 138 valence electrons. The van der Waals surface area contributed by atoms with E-state index in [1.807, 2.05) is 6.07 Å². The predicted molar refractivity (Wildman–Crippen MR) is 97.8 cm³/mol. The Hall–Kier alpha value is -2.44. The number of anilines is 1. The number of pyridine rings is 1. The van der Waals surface area contributed by atoms with Crippen LogP contribution < -0.4 is 5.73 Å².